The topological polar surface area (TPSA) is 35.5 Å². The van der Waals surface area contributed by atoms with Crippen LogP contribution in [0.4, 0.5) is 0 Å². The third-order valence-corrected chi connectivity index (χ3v) is 4.27. The number of carbonyl (C=O) groups is 1. The molecule has 0 bridgehead atoms. The Morgan fingerprint density at radius 2 is 1.25 bits per heavy atom. The van der Waals surface area contributed by atoms with E-state index in [4.69, 9.17) is 9.47 Å². The molecule has 0 aromatic heterocycles. The van der Waals surface area contributed by atoms with Crippen molar-refractivity contribution < 1.29 is 14.3 Å². The summed E-state index contributed by atoms with van der Waals surface area (Å²) in [4.78, 5) is 11.2. The van der Waals surface area contributed by atoms with Gasteiger partial charge in [-0.15, -0.1) is 0 Å². The molecule has 0 saturated carbocycles. The molecule has 0 aliphatic heterocycles. The summed E-state index contributed by atoms with van der Waals surface area (Å²) in [5.74, 6) is -0.253. The lowest BCUT2D eigenvalue weighted by Crippen LogP contribution is -2.57. The summed E-state index contributed by atoms with van der Waals surface area (Å²) in [6, 6.07) is 0. The van der Waals surface area contributed by atoms with Crippen molar-refractivity contribution in [3.63, 3.8) is 0 Å². The highest BCUT2D eigenvalue weighted by molar-refractivity contribution is 5.66. The Morgan fingerprint density at radius 1 is 0.900 bits per heavy atom. The molecule has 0 fully saturated rings. The third kappa shape index (κ3) is 5.82. The molecular weight excluding hydrogens is 252 g/mol. The normalized spacial score (nSPS) is 13.4. The summed E-state index contributed by atoms with van der Waals surface area (Å²) >= 11 is 0. The van der Waals surface area contributed by atoms with E-state index >= 15 is 0 Å². The molecule has 1 atom stereocenters. The van der Waals surface area contributed by atoms with Crippen LogP contribution in [-0.2, 0) is 14.3 Å². The average Bonchev–Trinajstić information content (AvgIpc) is 2.13. The molecule has 0 aliphatic carbocycles. The molecule has 0 radical (unpaired) electrons. The monoisotopic (exact) mass is 294 g/mol. The van der Waals surface area contributed by atoms with Crippen LogP contribution in [0.25, 0.3) is 0 Å². The predicted octanol–water partition coefficient (Wildman–Crippen LogP) is 5.71. The Balaban J connectivity index is -0.000000187. The van der Waals surface area contributed by atoms with Crippen LogP contribution in [0.3, 0.4) is 0 Å². The lowest BCUT2D eigenvalue weighted by atomic mass is 9.63. The fourth-order valence-corrected chi connectivity index (χ4v) is 2.27. The van der Waals surface area contributed by atoms with Gasteiger partial charge in [0.2, 0.25) is 0 Å². The van der Waals surface area contributed by atoms with Crippen LogP contribution < -0.4 is 0 Å². The van der Waals surface area contributed by atoms with Gasteiger partial charge in [-0.2, -0.15) is 0 Å². The van der Waals surface area contributed by atoms with E-state index < -0.39 is 5.60 Å². The Hall–Kier alpha value is -0.570. The molecule has 20 heavy (non-hydrogen) atoms. The first kappa shape index (κ1) is 31.7. The van der Waals surface area contributed by atoms with Gasteiger partial charge >= 0.3 is 5.97 Å². The van der Waals surface area contributed by atoms with Gasteiger partial charge in [-0.1, -0.05) is 43.6 Å². The number of esters is 1. The minimum atomic E-state index is -0.562. The van der Waals surface area contributed by atoms with E-state index in [2.05, 4.69) is 13.8 Å². The number of hydrogen-bond acceptors (Lipinski definition) is 3. The standard InChI is InChI=1S/C13H26O3.4CH4/c1-9-13(7,11(3,4)15-8)12(5,6)16-10(2)14;;;;/h9H2,1-8H3;4*1H4. The highest BCUT2D eigenvalue weighted by Crippen LogP contribution is 2.47. The maximum atomic E-state index is 11.2. The fraction of sp³-hybridized carbons (Fsp3) is 0.941. The summed E-state index contributed by atoms with van der Waals surface area (Å²) < 4.78 is 11.0. The van der Waals surface area contributed by atoms with E-state index in [1.807, 2.05) is 27.7 Å². The minimum absolute atomic E-state index is 0. The van der Waals surface area contributed by atoms with Crippen molar-refractivity contribution in [3.8, 4) is 0 Å². The zero-order chi connectivity index (χ0) is 13.2. The molecule has 0 aromatic carbocycles. The van der Waals surface area contributed by atoms with E-state index in [9.17, 15) is 4.79 Å². The zero-order valence-corrected chi connectivity index (χ0v) is 11.9. The van der Waals surface area contributed by atoms with Crippen LogP contribution in [0.15, 0.2) is 0 Å². The predicted molar refractivity (Wildman–Crippen MR) is 92.3 cm³/mol. The van der Waals surface area contributed by atoms with Gasteiger partial charge in [-0.25, -0.2) is 0 Å². The molecule has 0 rings (SSSR count). The molecule has 1 unspecified atom stereocenters. The number of carbonyl (C=O) groups excluding carboxylic acids is 1. The number of rotatable bonds is 5. The Kier molecular flexibility index (Phi) is 16.2. The van der Waals surface area contributed by atoms with Gasteiger partial charge in [0.25, 0.3) is 0 Å². The number of methoxy groups -OCH3 is 1. The highest BCUT2D eigenvalue weighted by atomic mass is 16.6. The summed E-state index contributed by atoms with van der Waals surface area (Å²) in [7, 11) is 1.69. The summed E-state index contributed by atoms with van der Waals surface area (Å²) in [6.45, 7) is 13.6. The van der Waals surface area contributed by atoms with Gasteiger partial charge in [-0.3, -0.25) is 4.79 Å². The molecule has 0 aromatic rings. The fourth-order valence-electron chi connectivity index (χ4n) is 2.27. The molecule has 0 aliphatic rings. The van der Waals surface area contributed by atoms with Gasteiger partial charge in [0, 0.05) is 19.4 Å². The highest BCUT2D eigenvalue weighted by Gasteiger charge is 2.52. The second-order valence-electron chi connectivity index (χ2n) is 5.50. The molecule has 0 N–H and O–H groups in total. The molecule has 0 spiro atoms. The Bertz CT molecular complexity index is 257. The van der Waals surface area contributed by atoms with E-state index in [1.54, 1.807) is 7.11 Å². The van der Waals surface area contributed by atoms with E-state index in [0.29, 0.717) is 0 Å². The quantitative estimate of drug-likeness (QED) is 0.609. The van der Waals surface area contributed by atoms with Crippen LogP contribution in [-0.4, -0.2) is 24.3 Å². The lowest BCUT2D eigenvalue weighted by molar-refractivity contribution is -0.201. The van der Waals surface area contributed by atoms with Gasteiger partial charge in [-0.05, 0) is 34.1 Å². The molecule has 0 heterocycles. The first-order chi connectivity index (χ1) is 7.04. The molecule has 3 heteroatoms. The number of ether oxygens (including phenoxy) is 2. The van der Waals surface area contributed by atoms with E-state index in [0.717, 1.165) is 6.42 Å². The SMILES string of the molecule is C.C.C.C.CCC(C)(C(C)(C)OC)C(C)(C)OC(C)=O. The van der Waals surface area contributed by atoms with Gasteiger partial charge in [0.1, 0.15) is 5.60 Å². The average molecular weight is 295 g/mol. The molecule has 3 nitrogen and oxygen atoms in total. The van der Waals surface area contributed by atoms with E-state index in [-0.39, 0.29) is 46.7 Å². The number of hydrogen-bond donors (Lipinski definition) is 0. The van der Waals surface area contributed by atoms with Crippen molar-refractivity contribution in [3.05, 3.63) is 0 Å². The van der Waals surface area contributed by atoms with Gasteiger partial charge < -0.3 is 9.47 Å². The second-order valence-corrected chi connectivity index (χ2v) is 5.50. The molecular formula is C17H42O3. The van der Waals surface area contributed by atoms with Crippen molar-refractivity contribution in [2.24, 2.45) is 5.41 Å². The zero-order valence-electron chi connectivity index (χ0n) is 11.9. The molecule has 128 valence electrons. The van der Waals surface area contributed by atoms with Gasteiger partial charge in [0.15, 0.2) is 0 Å². The van der Waals surface area contributed by atoms with Crippen LogP contribution in [0.1, 0.15) is 84.6 Å². The summed E-state index contributed by atoms with van der Waals surface area (Å²) in [6.07, 6.45) is 0.869. The van der Waals surface area contributed by atoms with Crippen LogP contribution >= 0.6 is 0 Å². The first-order valence-corrected chi connectivity index (χ1v) is 5.79. The lowest BCUT2D eigenvalue weighted by Gasteiger charge is -2.51. The maximum absolute atomic E-state index is 11.2. The van der Waals surface area contributed by atoms with Crippen molar-refractivity contribution in [2.45, 2.75) is 95.8 Å². The minimum Gasteiger partial charge on any atom is -0.459 e. The van der Waals surface area contributed by atoms with Crippen molar-refractivity contribution in [1.82, 2.24) is 0 Å². The second kappa shape index (κ2) is 10.2. The van der Waals surface area contributed by atoms with Crippen LogP contribution in [0.2, 0.25) is 0 Å². The summed E-state index contributed by atoms with van der Waals surface area (Å²) in [5, 5.41) is 0. The van der Waals surface area contributed by atoms with Crippen molar-refractivity contribution in [1.29, 1.82) is 0 Å². The Morgan fingerprint density at radius 3 is 1.45 bits per heavy atom. The van der Waals surface area contributed by atoms with Crippen molar-refractivity contribution in [2.75, 3.05) is 7.11 Å². The van der Waals surface area contributed by atoms with Crippen LogP contribution in [0, 0.1) is 5.41 Å². The maximum Gasteiger partial charge on any atom is 0.303 e. The summed E-state index contributed by atoms with van der Waals surface area (Å²) in [5.41, 5.74) is -1.17. The van der Waals surface area contributed by atoms with Gasteiger partial charge in [0.05, 0.1) is 5.60 Å². The smallest absolute Gasteiger partial charge is 0.303 e. The Labute approximate surface area is 129 Å². The molecule has 0 amide bonds. The van der Waals surface area contributed by atoms with E-state index in [1.165, 1.54) is 6.92 Å². The van der Waals surface area contributed by atoms with Crippen molar-refractivity contribution >= 4 is 5.97 Å². The molecule has 0 saturated heterocycles. The first-order valence-electron chi connectivity index (χ1n) is 5.79. The largest absolute Gasteiger partial charge is 0.459 e. The van der Waals surface area contributed by atoms with Crippen LogP contribution in [0.5, 0.6) is 0 Å². The third-order valence-electron chi connectivity index (χ3n) is 4.27.